The number of rotatable bonds is 14. The summed E-state index contributed by atoms with van der Waals surface area (Å²) in [5.74, 6) is -0.584. The molecule has 0 bridgehead atoms. The number of methoxy groups -OCH3 is 2. The number of hydrogen-bond donors (Lipinski definition) is 2. The molecule has 0 aliphatic heterocycles. The molecule has 0 spiro atoms. The number of imidazole rings is 1. The molecule has 4 aromatic rings. The van der Waals surface area contributed by atoms with Crippen LogP contribution in [0.3, 0.4) is 0 Å². The van der Waals surface area contributed by atoms with E-state index in [-0.39, 0.29) is 42.6 Å². The first-order valence-corrected chi connectivity index (χ1v) is 14.0. The standard InChI is InChI=1S/C26H29FN5O8P/c1-16-4-6-18(11-22(16)37-3)20(33)13-40-41(35,39-12-17-5-7-21(36-2)19(27)10-17)15-38-9-8-32-14-29-23-24(32)30-26(28)31-25(23)34/h4-7,10-11,14H,8-9,12-13,15H2,1-3H3,(H3,28,30,31,34). The number of benzene rings is 2. The van der Waals surface area contributed by atoms with Crippen molar-refractivity contribution in [1.82, 2.24) is 19.5 Å². The number of anilines is 1. The molecule has 4 rings (SSSR count). The molecule has 2 aromatic carbocycles. The molecule has 1 unspecified atom stereocenters. The summed E-state index contributed by atoms with van der Waals surface area (Å²) < 4.78 is 56.1. The lowest BCUT2D eigenvalue weighted by molar-refractivity contribution is 0.0855. The van der Waals surface area contributed by atoms with E-state index in [0.29, 0.717) is 16.9 Å². The molecule has 2 heterocycles. The smallest absolute Gasteiger partial charge is 0.356 e. The highest BCUT2D eigenvalue weighted by atomic mass is 31.2. The summed E-state index contributed by atoms with van der Waals surface area (Å²) in [5, 5.41) is 0. The molecule has 41 heavy (non-hydrogen) atoms. The van der Waals surface area contributed by atoms with Crippen molar-refractivity contribution in [2.45, 2.75) is 20.1 Å². The van der Waals surface area contributed by atoms with Gasteiger partial charge in [-0.1, -0.05) is 18.2 Å². The lowest BCUT2D eigenvalue weighted by Gasteiger charge is -2.19. The van der Waals surface area contributed by atoms with E-state index >= 15 is 0 Å². The zero-order chi connectivity index (χ0) is 29.6. The van der Waals surface area contributed by atoms with Gasteiger partial charge >= 0.3 is 7.60 Å². The Morgan fingerprint density at radius 2 is 1.90 bits per heavy atom. The molecule has 0 fully saturated rings. The Kier molecular flexibility index (Phi) is 9.50. The van der Waals surface area contributed by atoms with Gasteiger partial charge in [-0.3, -0.25) is 23.7 Å². The molecule has 0 aliphatic rings. The van der Waals surface area contributed by atoms with Gasteiger partial charge in [-0.25, -0.2) is 9.37 Å². The highest BCUT2D eigenvalue weighted by Crippen LogP contribution is 2.49. The van der Waals surface area contributed by atoms with Crippen molar-refractivity contribution in [2.75, 3.05) is 39.5 Å². The van der Waals surface area contributed by atoms with E-state index < -0.39 is 37.7 Å². The number of ether oxygens (including phenoxy) is 3. The number of aromatic amines is 1. The molecule has 1 atom stereocenters. The van der Waals surface area contributed by atoms with Gasteiger partial charge in [0.2, 0.25) is 5.95 Å². The maximum absolute atomic E-state index is 14.1. The first-order valence-electron chi connectivity index (χ1n) is 12.3. The van der Waals surface area contributed by atoms with E-state index in [2.05, 4.69) is 15.0 Å². The summed E-state index contributed by atoms with van der Waals surface area (Å²) in [7, 11) is -1.21. The third kappa shape index (κ3) is 7.35. The Morgan fingerprint density at radius 3 is 2.63 bits per heavy atom. The van der Waals surface area contributed by atoms with Gasteiger partial charge in [-0.15, -0.1) is 0 Å². The maximum atomic E-state index is 14.1. The van der Waals surface area contributed by atoms with Gasteiger partial charge in [0.1, 0.15) is 18.7 Å². The molecule has 13 nitrogen and oxygen atoms in total. The number of aryl methyl sites for hydroxylation is 1. The average molecular weight is 590 g/mol. The van der Waals surface area contributed by atoms with Crippen molar-refractivity contribution in [3.63, 3.8) is 0 Å². The number of Topliss-reactive ketones (excluding diaryl/α,β-unsaturated/α-hetero) is 1. The average Bonchev–Trinajstić information content (AvgIpc) is 3.36. The summed E-state index contributed by atoms with van der Waals surface area (Å²) in [5.41, 5.74) is 7.00. The monoisotopic (exact) mass is 589 g/mol. The van der Waals surface area contributed by atoms with Crippen LogP contribution in [0, 0.1) is 12.7 Å². The number of nitrogens with one attached hydrogen (secondary N) is 1. The molecule has 0 saturated heterocycles. The summed E-state index contributed by atoms with van der Waals surface area (Å²) in [6, 6.07) is 9.02. The number of ketones is 1. The minimum atomic E-state index is -4.04. The molecule has 15 heteroatoms. The molecule has 0 radical (unpaired) electrons. The lowest BCUT2D eigenvalue weighted by Crippen LogP contribution is -2.14. The van der Waals surface area contributed by atoms with Crippen LogP contribution in [-0.4, -0.2) is 59.1 Å². The molecular formula is C26H29FN5O8P. The van der Waals surface area contributed by atoms with Crippen molar-refractivity contribution in [3.05, 3.63) is 75.6 Å². The second-order valence-corrected chi connectivity index (χ2v) is 10.8. The van der Waals surface area contributed by atoms with Crippen LogP contribution in [0.2, 0.25) is 0 Å². The van der Waals surface area contributed by atoms with Crippen molar-refractivity contribution in [1.29, 1.82) is 0 Å². The van der Waals surface area contributed by atoms with Crippen LogP contribution in [0.25, 0.3) is 11.2 Å². The van der Waals surface area contributed by atoms with E-state index in [1.807, 2.05) is 6.92 Å². The minimum Gasteiger partial charge on any atom is -0.496 e. The van der Waals surface area contributed by atoms with Gasteiger partial charge in [0.25, 0.3) is 5.56 Å². The number of hydrogen-bond acceptors (Lipinski definition) is 11. The zero-order valence-electron chi connectivity index (χ0n) is 22.6. The Morgan fingerprint density at radius 1 is 1.12 bits per heavy atom. The van der Waals surface area contributed by atoms with Crippen LogP contribution in [0.5, 0.6) is 11.5 Å². The topological polar surface area (TPSA) is 170 Å². The number of nitrogens with zero attached hydrogens (tertiary/aromatic N) is 3. The summed E-state index contributed by atoms with van der Waals surface area (Å²) in [6.45, 7) is 1.16. The Hall–Kier alpha value is -4.10. The molecular weight excluding hydrogens is 560 g/mol. The number of carbonyl (C=O) groups is 1. The van der Waals surface area contributed by atoms with Crippen molar-refractivity contribution >= 4 is 30.5 Å². The van der Waals surface area contributed by atoms with Gasteiger partial charge in [0.15, 0.2) is 28.5 Å². The largest absolute Gasteiger partial charge is 0.496 e. The summed E-state index contributed by atoms with van der Waals surface area (Å²) in [4.78, 5) is 35.3. The predicted molar refractivity (Wildman–Crippen MR) is 147 cm³/mol. The molecule has 3 N–H and O–H groups in total. The van der Waals surface area contributed by atoms with Gasteiger partial charge < -0.3 is 29.0 Å². The third-order valence-electron chi connectivity index (χ3n) is 5.99. The minimum absolute atomic E-state index is 0.00315. The van der Waals surface area contributed by atoms with E-state index in [1.54, 1.807) is 28.8 Å². The molecule has 0 amide bonds. The number of H-pyrrole nitrogens is 1. The van der Waals surface area contributed by atoms with Gasteiger partial charge in [0.05, 0.1) is 33.8 Å². The quantitative estimate of drug-likeness (QED) is 0.125. The highest BCUT2D eigenvalue weighted by molar-refractivity contribution is 7.53. The Balaban J connectivity index is 1.43. The van der Waals surface area contributed by atoms with Crippen LogP contribution < -0.4 is 20.8 Å². The van der Waals surface area contributed by atoms with Crippen LogP contribution in [0.15, 0.2) is 47.5 Å². The van der Waals surface area contributed by atoms with Crippen molar-refractivity contribution in [3.8, 4) is 11.5 Å². The number of halogens is 1. The third-order valence-corrected chi connectivity index (χ3v) is 7.53. The van der Waals surface area contributed by atoms with E-state index in [1.165, 1.54) is 32.7 Å². The fraction of sp³-hybridized carbons (Fsp3) is 0.308. The highest BCUT2D eigenvalue weighted by Gasteiger charge is 2.27. The van der Waals surface area contributed by atoms with Crippen molar-refractivity contribution < 1.29 is 37.0 Å². The molecule has 218 valence electrons. The number of fused-ring (bicyclic) bond motifs is 1. The number of nitrogen functional groups attached to an aromatic ring is 1. The number of aromatic nitrogens is 4. The molecule has 2 aromatic heterocycles. The summed E-state index contributed by atoms with van der Waals surface area (Å²) >= 11 is 0. The van der Waals surface area contributed by atoms with Gasteiger partial charge in [-0.2, -0.15) is 4.98 Å². The number of carbonyl (C=O) groups excluding carboxylic acids is 1. The fourth-order valence-electron chi connectivity index (χ4n) is 3.79. The summed E-state index contributed by atoms with van der Waals surface area (Å²) in [6.07, 6.45) is 0.883. The first-order chi connectivity index (χ1) is 19.6. The lowest BCUT2D eigenvalue weighted by atomic mass is 10.1. The predicted octanol–water partition coefficient (Wildman–Crippen LogP) is 3.45. The number of nitrogens with two attached hydrogens (primary N) is 1. The van der Waals surface area contributed by atoms with E-state index in [4.69, 9.17) is 29.0 Å². The fourth-order valence-corrected chi connectivity index (χ4v) is 5.03. The Labute approximate surface area is 233 Å². The Bertz CT molecular complexity index is 1660. The van der Waals surface area contributed by atoms with E-state index in [0.717, 1.165) is 5.56 Å². The second kappa shape index (κ2) is 13.0. The van der Waals surface area contributed by atoms with Crippen molar-refractivity contribution in [2.24, 2.45) is 0 Å². The SMILES string of the molecule is COc1cc(C(=O)COP(=O)(COCCn2cnc3c(=O)[nH]c(N)nc32)OCc2ccc(OC)c(F)c2)ccc1C. The maximum Gasteiger partial charge on any atom is 0.356 e. The molecule has 0 saturated carbocycles. The van der Waals surface area contributed by atoms with Crippen LogP contribution in [0.1, 0.15) is 21.5 Å². The van der Waals surface area contributed by atoms with Gasteiger partial charge in [0, 0.05) is 12.1 Å². The van der Waals surface area contributed by atoms with Crippen LogP contribution >= 0.6 is 7.60 Å². The van der Waals surface area contributed by atoms with E-state index in [9.17, 15) is 18.5 Å². The normalized spacial score (nSPS) is 12.8. The second-order valence-electron chi connectivity index (χ2n) is 8.83. The van der Waals surface area contributed by atoms with Crippen LogP contribution in [0.4, 0.5) is 10.3 Å². The van der Waals surface area contributed by atoms with Gasteiger partial charge in [-0.05, 0) is 36.2 Å². The molecule has 0 aliphatic carbocycles. The van der Waals surface area contributed by atoms with Crippen LogP contribution in [-0.2, 0) is 31.5 Å². The zero-order valence-corrected chi connectivity index (χ0v) is 23.5. The first kappa shape index (κ1) is 29.9.